The summed E-state index contributed by atoms with van der Waals surface area (Å²) in [4.78, 5) is 0. The number of aliphatic hydroxyl groups excluding tert-OH is 1. The van der Waals surface area contributed by atoms with Crippen molar-refractivity contribution in [3.8, 4) is 0 Å². The van der Waals surface area contributed by atoms with Gasteiger partial charge in [0.15, 0.2) is 0 Å². The van der Waals surface area contributed by atoms with E-state index >= 15 is 0 Å². The van der Waals surface area contributed by atoms with Crippen molar-refractivity contribution in [1.29, 1.82) is 0 Å². The summed E-state index contributed by atoms with van der Waals surface area (Å²) in [5.74, 6) is 0.173. The maximum Gasteiger partial charge on any atom is 0.114 e. The molecule has 1 aliphatic carbocycles. The molecule has 0 amide bonds. The van der Waals surface area contributed by atoms with E-state index in [4.69, 9.17) is 0 Å². The van der Waals surface area contributed by atoms with Crippen molar-refractivity contribution in [1.82, 2.24) is 0 Å². The molecule has 0 aliphatic heterocycles. The third-order valence-corrected chi connectivity index (χ3v) is 3.40. The predicted octanol–water partition coefficient (Wildman–Crippen LogP) is 4.62. The Morgan fingerprint density at radius 3 is 3.00 bits per heavy atom. The average Bonchev–Trinajstić information content (AvgIpc) is 2.70. The van der Waals surface area contributed by atoms with E-state index in [1.807, 2.05) is 12.2 Å². The lowest BCUT2D eigenvalue weighted by Gasteiger charge is -2.01. The van der Waals surface area contributed by atoms with Crippen molar-refractivity contribution in [2.45, 2.75) is 6.42 Å². The number of fused-ring (bicyclic) bond motifs is 1. The summed E-state index contributed by atoms with van der Waals surface area (Å²) < 4.78 is 1.17. The van der Waals surface area contributed by atoms with Crippen molar-refractivity contribution in [3.05, 3.63) is 71.5 Å². The van der Waals surface area contributed by atoms with E-state index < -0.39 is 0 Å². The quantitative estimate of drug-likeness (QED) is 0.636. The lowest BCUT2D eigenvalue weighted by Crippen LogP contribution is -1.83. The van der Waals surface area contributed by atoms with Gasteiger partial charge in [0, 0.05) is 4.48 Å². The maximum absolute atomic E-state index is 9.20. The molecule has 0 saturated heterocycles. The molecule has 0 heterocycles. The van der Waals surface area contributed by atoms with Crippen LogP contribution in [0.3, 0.4) is 0 Å². The van der Waals surface area contributed by atoms with Gasteiger partial charge >= 0.3 is 0 Å². The Morgan fingerprint density at radius 1 is 1.41 bits per heavy atom. The van der Waals surface area contributed by atoms with Gasteiger partial charge in [-0.2, -0.15) is 0 Å². The van der Waals surface area contributed by atoms with E-state index in [-0.39, 0.29) is 5.76 Å². The highest BCUT2D eigenvalue weighted by atomic mass is 79.9. The molecular formula is C15H13BrO. The predicted molar refractivity (Wildman–Crippen MR) is 77.0 cm³/mol. The van der Waals surface area contributed by atoms with Crippen LogP contribution in [-0.4, -0.2) is 5.11 Å². The fraction of sp³-hybridized carbons (Fsp3) is 0.0667. The molecule has 1 N–H and O–H groups in total. The minimum Gasteiger partial charge on any atom is -0.508 e. The van der Waals surface area contributed by atoms with Crippen LogP contribution < -0.4 is 0 Å². The molecular weight excluding hydrogens is 276 g/mol. The molecule has 1 nitrogen and oxygen atoms in total. The first-order chi connectivity index (χ1) is 8.20. The fourth-order valence-electron chi connectivity index (χ4n) is 1.75. The Bertz CT molecular complexity index is 536. The fourth-order valence-corrected chi connectivity index (χ4v) is 2.30. The van der Waals surface area contributed by atoms with Crippen molar-refractivity contribution >= 4 is 26.5 Å². The lowest BCUT2D eigenvalue weighted by atomic mass is 10.1. The number of aliphatic hydroxyl groups is 1. The molecule has 0 saturated carbocycles. The summed E-state index contributed by atoms with van der Waals surface area (Å²) in [6.45, 7) is 3.48. The van der Waals surface area contributed by atoms with E-state index in [1.54, 1.807) is 6.08 Å². The molecule has 1 aliphatic rings. The molecule has 86 valence electrons. The van der Waals surface area contributed by atoms with Gasteiger partial charge in [0.2, 0.25) is 0 Å². The number of hydrogen-bond acceptors (Lipinski definition) is 1. The number of benzene rings is 1. The highest BCUT2D eigenvalue weighted by molar-refractivity contribution is 9.15. The highest BCUT2D eigenvalue weighted by Crippen LogP contribution is 2.32. The van der Waals surface area contributed by atoms with Gasteiger partial charge in [0.1, 0.15) is 5.76 Å². The number of hydrogen-bond donors (Lipinski definition) is 1. The van der Waals surface area contributed by atoms with Gasteiger partial charge in [0.25, 0.3) is 0 Å². The van der Waals surface area contributed by atoms with E-state index in [0.29, 0.717) is 0 Å². The van der Waals surface area contributed by atoms with Crippen LogP contribution in [0.1, 0.15) is 16.7 Å². The van der Waals surface area contributed by atoms with Gasteiger partial charge in [-0.05, 0) is 35.3 Å². The standard InChI is InChI=1S/C15H13BrO/c1-2-13(17)5-3-4-11-6-8-14-12(10-11)7-9-15(14)16/h2-6,8-10,17H,1,7H2/b4-3+,13-5+. The monoisotopic (exact) mass is 288 g/mol. The van der Waals surface area contributed by atoms with E-state index in [1.165, 1.54) is 21.7 Å². The Kier molecular flexibility index (Phi) is 3.64. The first-order valence-corrected chi connectivity index (χ1v) is 6.19. The zero-order valence-electron chi connectivity index (χ0n) is 9.36. The lowest BCUT2D eigenvalue weighted by molar-refractivity contribution is 0.433. The zero-order chi connectivity index (χ0) is 12.3. The third-order valence-electron chi connectivity index (χ3n) is 2.65. The summed E-state index contributed by atoms with van der Waals surface area (Å²) in [6.07, 6.45) is 9.96. The number of halogens is 1. The molecule has 2 heteroatoms. The number of allylic oxidation sites excluding steroid dienone is 4. The van der Waals surface area contributed by atoms with Gasteiger partial charge in [0.05, 0.1) is 0 Å². The van der Waals surface area contributed by atoms with Gasteiger partial charge in [-0.1, -0.05) is 58.9 Å². The molecule has 0 spiro atoms. The summed E-state index contributed by atoms with van der Waals surface area (Å²) in [5.41, 5.74) is 3.73. The smallest absolute Gasteiger partial charge is 0.114 e. The molecule has 0 unspecified atom stereocenters. The summed E-state index contributed by atoms with van der Waals surface area (Å²) in [6, 6.07) is 6.34. The van der Waals surface area contributed by atoms with Crippen LogP contribution in [0.15, 0.2) is 54.8 Å². The molecule has 0 atom stereocenters. The minimum atomic E-state index is 0.173. The second-order valence-corrected chi connectivity index (χ2v) is 4.68. The SMILES string of the molecule is C=C/C(O)=C\C=C\c1ccc2c(c1)CC=C2Br. The second kappa shape index (κ2) is 5.19. The first-order valence-electron chi connectivity index (χ1n) is 5.39. The minimum absolute atomic E-state index is 0.173. The Labute approximate surface area is 110 Å². The van der Waals surface area contributed by atoms with E-state index in [2.05, 4.69) is 46.8 Å². The summed E-state index contributed by atoms with van der Waals surface area (Å²) >= 11 is 3.53. The second-order valence-electron chi connectivity index (χ2n) is 3.83. The largest absolute Gasteiger partial charge is 0.508 e. The van der Waals surface area contributed by atoms with Crippen LogP contribution in [0.2, 0.25) is 0 Å². The molecule has 2 rings (SSSR count). The molecule has 1 aromatic carbocycles. The van der Waals surface area contributed by atoms with Crippen LogP contribution in [0.4, 0.5) is 0 Å². The van der Waals surface area contributed by atoms with Crippen molar-refractivity contribution in [2.75, 3.05) is 0 Å². The maximum atomic E-state index is 9.20. The van der Waals surface area contributed by atoms with E-state index in [0.717, 1.165) is 12.0 Å². The molecule has 0 radical (unpaired) electrons. The van der Waals surface area contributed by atoms with Gasteiger partial charge in [-0.25, -0.2) is 0 Å². The molecule has 0 fully saturated rings. The van der Waals surface area contributed by atoms with Crippen molar-refractivity contribution < 1.29 is 5.11 Å². The Balaban J connectivity index is 2.18. The summed E-state index contributed by atoms with van der Waals surface area (Å²) in [7, 11) is 0. The van der Waals surface area contributed by atoms with E-state index in [9.17, 15) is 5.11 Å². The van der Waals surface area contributed by atoms with Crippen LogP contribution >= 0.6 is 15.9 Å². The van der Waals surface area contributed by atoms with Crippen LogP contribution in [0.25, 0.3) is 10.6 Å². The molecule has 1 aromatic rings. The Morgan fingerprint density at radius 2 is 2.24 bits per heavy atom. The highest BCUT2D eigenvalue weighted by Gasteiger charge is 2.10. The van der Waals surface area contributed by atoms with Crippen molar-refractivity contribution in [2.24, 2.45) is 0 Å². The van der Waals surface area contributed by atoms with Crippen molar-refractivity contribution in [3.63, 3.8) is 0 Å². The van der Waals surface area contributed by atoms with Crippen LogP contribution in [-0.2, 0) is 6.42 Å². The van der Waals surface area contributed by atoms with Gasteiger partial charge in [-0.3, -0.25) is 0 Å². The van der Waals surface area contributed by atoms with Crippen LogP contribution in [0, 0.1) is 0 Å². The average molecular weight is 289 g/mol. The molecule has 0 bridgehead atoms. The topological polar surface area (TPSA) is 20.2 Å². The normalized spacial score (nSPS) is 14.9. The van der Waals surface area contributed by atoms with Crippen LogP contribution in [0.5, 0.6) is 0 Å². The molecule has 0 aromatic heterocycles. The third kappa shape index (κ3) is 2.77. The Hall–Kier alpha value is -1.54. The van der Waals surface area contributed by atoms with Gasteiger partial charge < -0.3 is 5.11 Å². The van der Waals surface area contributed by atoms with Gasteiger partial charge in [-0.15, -0.1) is 0 Å². The number of rotatable bonds is 3. The summed E-state index contributed by atoms with van der Waals surface area (Å²) in [5, 5.41) is 9.20. The molecule has 17 heavy (non-hydrogen) atoms. The zero-order valence-corrected chi connectivity index (χ0v) is 10.9. The first kappa shape index (κ1) is 11.9.